The number of nitrogens with zero attached hydrogens (tertiary/aromatic N) is 1. The van der Waals surface area contributed by atoms with Crippen molar-refractivity contribution in [3.63, 3.8) is 0 Å². The smallest absolute Gasteiger partial charge is 0.246 e. The summed E-state index contributed by atoms with van der Waals surface area (Å²) in [6.07, 6.45) is 8.91. The highest BCUT2D eigenvalue weighted by atomic mass is 16.5. The predicted octanol–water partition coefficient (Wildman–Crippen LogP) is 1.34. The van der Waals surface area contributed by atoms with Crippen LogP contribution in [-0.2, 0) is 14.3 Å². The molecule has 0 bridgehead atoms. The number of nitrogens with two attached hydrogens (primary N) is 1. The summed E-state index contributed by atoms with van der Waals surface area (Å²) in [6, 6.07) is -0.516. The third-order valence-electron chi connectivity index (χ3n) is 5.04. The molecule has 1 spiro atoms. The molecule has 2 heterocycles. The molecular formula is C15H24N2O3. The maximum absolute atomic E-state index is 12.0. The molecule has 2 N–H and O–H groups in total. The van der Waals surface area contributed by atoms with Crippen LogP contribution >= 0.6 is 0 Å². The Bertz CT molecular complexity index is 404. The zero-order valence-corrected chi connectivity index (χ0v) is 12.0. The van der Waals surface area contributed by atoms with E-state index in [2.05, 4.69) is 0 Å². The number of rotatable bonds is 2. The van der Waals surface area contributed by atoms with Crippen molar-refractivity contribution in [1.82, 2.24) is 4.90 Å². The monoisotopic (exact) mass is 280 g/mol. The zero-order valence-electron chi connectivity index (χ0n) is 12.0. The van der Waals surface area contributed by atoms with E-state index in [4.69, 9.17) is 10.5 Å². The molecule has 20 heavy (non-hydrogen) atoms. The molecule has 5 nitrogen and oxygen atoms in total. The summed E-state index contributed by atoms with van der Waals surface area (Å²) in [5.41, 5.74) is 5.79. The second-order valence-electron chi connectivity index (χ2n) is 6.51. The molecule has 3 fully saturated rings. The van der Waals surface area contributed by atoms with Crippen molar-refractivity contribution in [2.24, 2.45) is 5.73 Å². The minimum Gasteiger partial charge on any atom is -0.370 e. The molecular weight excluding hydrogens is 256 g/mol. The Hall–Kier alpha value is -0.940. The van der Waals surface area contributed by atoms with E-state index < -0.39 is 6.04 Å². The van der Waals surface area contributed by atoms with Gasteiger partial charge in [0.25, 0.3) is 0 Å². The Morgan fingerprint density at radius 2 is 1.90 bits per heavy atom. The lowest BCUT2D eigenvalue weighted by Gasteiger charge is -2.35. The van der Waals surface area contributed by atoms with Gasteiger partial charge in [0.15, 0.2) is 0 Å². The number of hydrogen-bond donors (Lipinski definition) is 1. The standard InChI is InChI=1S/C15H24N2O3/c16-12-4-5-13(18)17(14(12)19)10-11-6-9-15(20-11)7-2-1-3-8-15/h11-12H,1-10,16H2. The van der Waals surface area contributed by atoms with Crippen LogP contribution in [0.15, 0.2) is 0 Å². The SMILES string of the molecule is NC1CCC(=O)N(CC2CCC3(CCCCC3)O2)C1=O. The quantitative estimate of drug-likeness (QED) is 0.775. The fourth-order valence-electron chi connectivity index (χ4n) is 3.84. The van der Waals surface area contributed by atoms with Gasteiger partial charge in [0, 0.05) is 6.42 Å². The van der Waals surface area contributed by atoms with Gasteiger partial charge >= 0.3 is 0 Å². The number of hydrogen-bond acceptors (Lipinski definition) is 4. The molecule has 5 heteroatoms. The summed E-state index contributed by atoms with van der Waals surface area (Å²) in [5.74, 6) is -0.320. The third-order valence-corrected chi connectivity index (χ3v) is 5.04. The van der Waals surface area contributed by atoms with Crippen molar-refractivity contribution in [2.75, 3.05) is 6.54 Å². The Balaban J connectivity index is 1.61. The van der Waals surface area contributed by atoms with E-state index in [-0.39, 0.29) is 23.5 Å². The maximum atomic E-state index is 12.0. The van der Waals surface area contributed by atoms with Gasteiger partial charge in [-0.15, -0.1) is 0 Å². The molecule has 2 saturated heterocycles. The summed E-state index contributed by atoms with van der Waals surface area (Å²) in [6.45, 7) is 0.396. The zero-order chi connectivity index (χ0) is 14.2. The molecule has 3 rings (SSSR count). The van der Waals surface area contributed by atoms with Crippen LogP contribution in [-0.4, -0.2) is 41.0 Å². The minimum atomic E-state index is -0.516. The Morgan fingerprint density at radius 3 is 2.65 bits per heavy atom. The summed E-state index contributed by atoms with van der Waals surface area (Å²) < 4.78 is 6.24. The summed E-state index contributed by atoms with van der Waals surface area (Å²) in [7, 11) is 0. The number of carbonyl (C=O) groups excluding carboxylic acids is 2. The first-order valence-corrected chi connectivity index (χ1v) is 7.87. The molecule has 0 radical (unpaired) electrons. The van der Waals surface area contributed by atoms with Gasteiger partial charge in [0.05, 0.1) is 24.3 Å². The van der Waals surface area contributed by atoms with Crippen LogP contribution in [0.1, 0.15) is 57.8 Å². The van der Waals surface area contributed by atoms with Crippen molar-refractivity contribution in [2.45, 2.75) is 75.5 Å². The van der Waals surface area contributed by atoms with E-state index in [1.54, 1.807) is 0 Å². The first kappa shape index (κ1) is 14.0. The lowest BCUT2D eigenvalue weighted by molar-refractivity contribution is -0.153. The van der Waals surface area contributed by atoms with Gasteiger partial charge in [-0.3, -0.25) is 14.5 Å². The van der Waals surface area contributed by atoms with Gasteiger partial charge < -0.3 is 10.5 Å². The molecule has 2 amide bonds. The topological polar surface area (TPSA) is 72.6 Å². The van der Waals surface area contributed by atoms with Crippen LogP contribution in [0.2, 0.25) is 0 Å². The Morgan fingerprint density at radius 1 is 1.15 bits per heavy atom. The van der Waals surface area contributed by atoms with Gasteiger partial charge in [0.1, 0.15) is 0 Å². The second kappa shape index (κ2) is 5.45. The van der Waals surface area contributed by atoms with Crippen molar-refractivity contribution in [3.8, 4) is 0 Å². The van der Waals surface area contributed by atoms with E-state index in [0.29, 0.717) is 19.4 Å². The van der Waals surface area contributed by atoms with Crippen LogP contribution in [0.4, 0.5) is 0 Å². The largest absolute Gasteiger partial charge is 0.370 e. The van der Waals surface area contributed by atoms with Crippen LogP contribution in [0, 0.1) is 0 Å². The molecule has 2 unspecified atom stereocenters. The second-order valence-corrected chi connectivity index (χ2v) is 6.51. The van der Waals surface area contributed by atoms with Gasteiger partial charge in [-0.1, -0.05) is 19.3 Å². The van der Waals surface area contributed by atoms with Gasteiger partial charge in [0.2, 0.25) is 11.8 Å². The first-order chi connectivity index (χ1) is 9.60. The Kier molecular flexibility index (Phi) is 3.82. The van der Waals surface area contributed by atoms with Gasteiger partial charge in [-0.05, 0) is 32.1 Å². The molecule has 2 atom stereocenters. The number of amides is 2. The molecule has 1 aliphatic carbocycles. The van der Waals surface area contributed by atoms with Crippen molar-refractivity contribution < 1.29 is 14.3 Å². The third kappa shape index (κ3) is 2.61. The van der Waals surface area contributed by atoms with Gasteiger partial charge in [-0.25, -0.2) is 0 Å². The number of piperidine rings is 1. The summed E-state index contributed by atoms with van der Waals surface area (Å²) in [5, 5.41) is 0. The predicted molar refractivity (Wildman–Crippen MR) is 73.9 cm³/mol. The van der Waals surface area contributed by atoms with Crippen LogP contribution < -0.4 is 5.73 Å². The van der Waals surface area contributed by atoms with E-state index in [0.717, 1.165) is 25.7 Å². The lowest BCUT2D eigenvalue weighted by atomic mass is 9.83. The molecule has 0 aromatic rings. The maximum Gasteiger partial charge on any atom is 0.246 e. The Labute approximate surface area is 119 Å². The fraction of sp³-hybridized carbons (Fsp3) is 0.867. The van der Waals surface area contributed by atoms with Crippen LogP contribution in [0.25, 0.3) is 0 Å². The van der Waals surface area contributed by atoms with E-state index >= 15 is 0 Å². The normalized spacial score (nSPS) is 34.0. The highest BCUT2D eigenvalue weighted by molar-refractivity contribution is 6.00. The highest BCUT2D eigenvalue weighted by Gasteiger charge is 2.43. The van der Waals surface area contributed by atoms with E-state index in [1.165, 1.54) is 24.2 Å². The molecule has 1 saturated carbocycles. The average Bonchev–Trinajstić information content (AvgIpc) is 2.83. The van der Waals surface area contributed by atoms with Crippen LogP contribution in [0.3, 0.4) is 0 Å². The number of imide groups is 1. The van der Waals surface area contributed by atoms with Crippen molar-refractivity contribution in [3.05, 3.63) is 0 Å². The molecule has 112 valence electrons. The van der Waals surface area contributed by atoms with Crippen molar-refractivity contribution in [1.29, 1.82) is 0 Å². The summed E-state index contributed by atoms with van der Waals surface area (Å²) in [4.78, 5) is 25.2. The molecule has 3 aliphatic rings. The highest BCUT2D eigenvalue weighted by Crippen LogP contribution is 2.42. The van der Waals surface area contributed by atoms with Crippen LogP contribution in [0.5, 0.6) is 0 Å². The first-order valence-electron chi connectivity index (χ1n) is 7.87. The average molecular weight is 280 g/mol. The number of carbonyl (C=O) groups is 2. The molecule has 0 aromatic heterocycles. The van der Waals surface area contributed by atoms with Crippen molar-refractivity contribution >= 4 is 11.8 Å². The van der Waals surface area contributed by atoms with Gasteiger partial charge in [-0.2, -0.15) is 0 Å². The fourth-order valence-corrected chi connectivity index (χ4v) is 3.84. The minimum absolute atomic E-state index is 0.00583. The van der Waals surface area contributed by atoms with E-state index in [1.807, 2.05) is 0 Å². The lowest BCUT2D eigenvalue weighted by Crippen LogP contribution is -2.53. The number of ether oxygens (including phenoxy) is 1. The molecule has 0 aromatic carbocycles. The summed E-state index contributed by atoms with van der Waals surface area (Å²) >= 11 is 0. The van der Waals surface area contributed by atoms with E-state index in [9.17, 15) is 9.59 Å². The number of likely N-dealkylation sites (tertiary alicyclic amines) is 1. The molecule has 2 aliphatic heterocycles.